The lowest BCUT2D eigenvalue weighted by Crippen LogP contribution is -2.27. The second-order valence-corrected chi connectivity index (χ2v) is 5.93. The number of allylic oxidation sites excluding steroid dienone is 2. The van der Waals surface area contributed by atoms with Gasteiger partial charge in [0.15, 0.2) is 0 Å². The van der Waals surface area contributed by atoms with Crippen LogP contribution in [0.25, 0.3) is 0 Å². The molecule has 0 saturated heterocycles. The zero-order valence-corrected chi connectivity index (χ0v) is 12.0. The molecule has 1 rings (SSSR count). The Labute approximate surface area is 106 Å². The smallest absolute Gasteiger partial charge is 0.0589 e. The monoisotopic (exact) mass is 237 g/mol. The van der Waals surface area contributed by atoms with Crippen molar-refractivity contribution in [2.75, 3.05) is 33.9 Å². The number of ether oxygens (including phenoxy) is 1. The van der Waals surface area contributed by atoms with E-state index in [2.05, 4.69) is 44.9 Å². The van der Waals surface area contributed by atoms with Gasteiger partial charge in [0.2, 0.25) is 0 Å². The highest BCUT2D eigenvalue weighted by Gasteiger charge is 2.21. The van der Waals surface area contributed by atoms with E-state index in [1.165, 1.54) is 18.4 Å². The Kier molecular flexibility index (Phi) is 5.41. The Bertz CT molecular complexity index is 297. The van der Waals surface area contributed by atoms with E-state index in [1.54, 1.807) is 12.7 Å². The van der Waals surface area contributed by atoms with Crippen molar-refractivity contribution in [3.05, 3.63) is 23.3 Å². The molecule has 0 spiro atoms. The van der Waals surface area contributed by atoms with E-state index < -0.39 is 0 Å². The van der Waals surface area contributed by atoms with Crippen LogP contribution in [0.5, 0.6) is 0 Å². The fraction of sp³-hybridized carbons (Fsp3) is 0.733. The van der Waals surface area contributed by atoms with Gasteiger partial charge in [-0.1, -0.05) is 38.5 Å². The molecule has 0 saturated carbocycles. The van der Waals surface area contributed by atoms with E-state index in [0.717, 1.165) is 19.7 Å². The molecule has 2 heteroatoms. The zero-order chi connectivity index (χ0) is 12.9. The van der Waals surface area contributed by atoms with Crippen LogP contribution in [0.4, 0.5) is 0 Å². The quantitative estimate of drug-likeness (QED) is 0.727. The highest BCUT2D eigenvalue weighted by molar-refractivity contribution is 5.33. The first-order valence-corrected chi connectivity index (χ1v) is 6.51. The third kappa shape index (κ3) is 4.64. The van der Waals surface area contributed by atoms with Crippen molar-refractivity contribution >= 4 is 0 Å². The molecule has 0 bridgehead atoms. The van der Waals surface area contributed by atoms with Crippen molar-refractivity contribution in [2.45, 2.75) is 33.6 Å². The molecule has 0 aromatic carbocycles. The lowest BCUT2D eigenvalue weighted by molar-refractivity contribution is 0.165. The molecule has 0 fully saturated rings. The van der Waals surface area contributed by atoms with Crippen LogP contribution in [0, 0.1) is 5.41 Å². The molecule has 1 aliphatic rings. The number of methoxy groups -OCH3 is 1. The molecule has 0 aromatic heterocycles. The van der Waals surface area contributed by atoms with Crippen molar-refractivity contribution in [1.29, 1.82) is 0 Å². The van der Waals surface area contributed by atoms with Crippen LogP contribution < -0.4 is 0 Å². The third-order valence-corrected chi connectivity index (χ3v) is 3.29. The normalized spacial score (nSPS) is 17.1. The molecule has 0 aromatic rings. The molecule has 0 heterocycles. The fourth-order valence-electron chi connectivity index (χ4n) is 2.34. The van der Waals surface area contributed by atoms with Crippen LogP contribution in [0.15, 0.2) is 23.3 Å². The maximum absolute atomic E-state index is 5.12. The van der Waals surface area contributed by atoms with Crippen molar-refractivity contribution < 1.29 is 4.74 Å². The van der Waals surface area contributed by atoms with Gasteiger partial charge in [-0.3, -0.25) is 4.90 Å². The van der Waals surface area contributed by atoms with Gasteiger partial charge in [0.25, 0.3) is 0 Å². The number of likely N-dealkylation sites (N-methyl/N-ethyl adjacent to an activating group) is 1. The van der Waals surface area contributed by atoms with E-state index in [9.17, 15) is 0 Å². The van der Waals surface area contributed by atoms with Crippen molar-refractivity contribution in [3.8, 4) is 0 Å². The summed E-state index contributed by atoms with van der Waals surface area (Å²) in [7, 11) is 3.92. The number of rotatable bonds is 5. The van der Waals surface area contributed by atoms with Gasteiger partial charge in [0.05, 0.1) is 6.61 Å². The summed E-state index contributed by atoms with van der Waals surface area (Å²) < 4.78 is 5.12. The summed E-state index contributed by atoms with van der Waals surface area (Å²) >= 11 is 0. The Morgan fingerprint density at radius 1 is 1.35 bits per heavy atom. The first-order chi connectivity index (χ1) is 7.95. The Morgan fingerprint density at radius 2 is 2.06 bits per heavy atom. The van der Waals surface area contributed by atoms with Gasteiger partial charge in [-0.15, -0.1) is 0 Å². The minimum absolute atomic E-state index is 0.294. The summed E-state index contributed by atoms with van der Waals surface area (Å²) in [5.74, 6) is 0. The van der Waals surface area contributed by atoms with Crippen LogP contribution in [0.3, 0.4) is 0 Å². The summed E-state index contributed by atoms with van der Waals surface area (Å²) in [6.45, 7) is 9.78. The van der Waals surface area contributed by atoms with Gasteiger partial charge in [-0.25, -0.2) is 0 Å². The second kappa shape index (κ2) is 6.36. The summed E-state index contributed by atoms with van der Waals surface area (Å²) in [5, 5.41) is 0. The lowest BCUT2D eigenvalue weighted by atomic mass is 9.78. The maximum Gasteiger partial charge on any atom is 0.0589 e. The summed E-state index contributed by atoms with van der Waals surface area (Å²) in [6, 6.07) is 0. The summed E-state index contributed by atoms with van der Waals surface area (Å²) in [6.07, 6.45) is 7.02. The molecular formula is C15H27NO. The minimum atomic E-state index is 0.294. The molecule has 0 amide bonds. The van der Waals surface area contributed by atoms with Crippen LogP contribution in [0.1, 0.15) is 33.6 Å². The summed E-state index contributed by atoms with van der Waals surface area (Å²) in [4.78, 5) is 2.33. The predicted octanol–water partition coefficient (Wildman–Crippen LogP) is 3.26. The Morgan fingerprint density at radius 3 is 2.65 bits per heavy atom. The van der Waals surface area contributed by atoms with Gasteiger partial charge in [-0.05, 0) is 30.9 Å². The van der Waals surface area contributed by atoms with Crippen molar-refractivity contribution in [1.82, 2.24) is 4.90 Å². The van der Waals surface area contributed by atoms with E-state index in [-0.39, 0.29) is 0 Å². The number of hydrogen-bond acceptors (Lipinski definition) is 2. The van der Waals surface area contributed by atoms with Crippen LogP contribution >= 0.6 is 0 Å². The van der Waals surface area contributed by atoms with Gasteiger partial charge < -0.3 is 4.74 Å². The van der Waals surface area contributed by atoms with Gasteiger partial charge in [0.1, 0.15) is 0 Å². The molecule has 1 aliphatic carbocycles. The average Bonchev–Trinajstić information content (AvgIpc) is 2.25. The Hall–Kier alpha value is -0.600. The first-order valence-electron chi connectivity index (χ1n) is 6.51. The highest BCUT2D eigenvalue weighted by atomic mass is 16.5. The summed E-state index contributed by atoms with van der Waals surface area (Å²) in [5.41, 5.74) is 3.41. The Balaban J connectivity index is 2.71. The van der Waals surface area contributed by atoms with E-state index >= 15 is 0 Å². The fourth-order valence-corrected chi connectivity index (χ4v) is 2.34. The van der Waals surface area contributed by atoms with Crippen LogP contribution in [-0.4, -0.2) is 38.8 Å². The van der Waals surface area contributed by atoms with Crippen LogP contribution in [0.2, 0.25) is 0 Å². The van der Waals surface area contributed by atoms with E-state index in [4.69, 9.17) is 4.74 Å². The molecule has 0 unspecified atom stereocenters. The van der Waals surface area contributed by atoms with Crippen LogP contribution in [-0.2, 0) is 4.74 Å². The molecule has 0 atom stereocenters. The maximum atomic E-state index is 5.12. The molecular weight excluding hydrogens is 210 g/mol. The predicted molar refractivity (Wildman–Crippen MR) is 74.2 cm³/mol. The molecule has 0 N–H and O–H groups in total. The third-order valence-electron chi connectivity index (χ3n) is 3.29. The SMILES string of the molecule is COCCN(C)CC1=C(C(C)(C)C)CCC=C1. The van der Waals surface area contributed by atoms with Crippen molar-refractivity contribution in [3.63, 3.8) is 0 Å². The topological polar surface area (TPSA) is 12.5 Å². The lowest BCUT2D eigenvalue weighted by Gasteiger charge is -2.30. The van der Waals surface area contributed by atoms with Gasteiger partial charge >= 0.3 is 0 Å². The molecule has 98 valence electrons. The second-order valence-electron chi connectivity index (χ2n) is 5.93. The largest absolute Gasteiger partial charge is 0.383 e. The van der Waals surface area contributed by atoms with Gasteiger partial charge in [-0.2, -0.15) is 0 Å². The zero-order valence-electron chi connectivity index (χ0n) is 12.0. The minimum Gasteiger partial charge on any atom is -0.383 e. The number of nitrogens with zero attached hydrogens (tertiary/aromatic N) is 1. The molecule has 17 heavy (non-hydrogen) atoms. The molecule has 2 nitrogen and oxygen atoms in total. The van der Waals surface area contributed by atoms with Crippen molar-refractivity contribution in [2.24, 2.45) is 5.41 Å². The first kappa shape index (κ1) is 14.5. The molecule has 0 radical (unpaired) electrons. The van der Waals surface area contributed by atoms with E-state index in [0.29, 0.717) is 5.41 Å². The van der Waals surface area contributed by atoms with Gasteiger partial charge in [0, 0.05) is 20.2 Å². The highest BCUT2D eigenvalue weighted by Crippen LogP contribution is 2.34. The van der Waals surface area contributed by atoms with E-state index in [1.807, 2.05) is 0 Å². The standard InChI is InChI=1S/C15H27NO/c1-15(2,3)14-9-7-6-8-13(14)12-16(4)10-11-17-5/h6,8H,7,9-12H2,1-5H3. The molecule has 0 aliphatic heterocycles. The number of hydrogen-bond donors (Lipinski definition) is 0. The average molecular weight is 237 g/mol.